The third-order valence-corrected chi connectivity index (χ3v) is 5.14. The molecule has 1 saturated carbocycles. The molecule has 3 nitrogen and oxygen atoms in total. The van der Waals surface area contributed by atoms with E-state index < -0.39 is 0 Å². The van der Waals surface area contributed by atoms with E-state index in [0.29, 0.717) is 6.04 Å². The normalized spacial score (nSPS) is 30.3. The van der Waals surface area contributed by atoms with Crippen LogP contribution in [0.3, 0.4) is 0 Å². The molecule has 1 aromatic rings. The Labute approximate surface area is 128 Å². The summed E-state index contributed by atoms with van der Waals surface area (Å²) in [6, 6.07) is 9.16. The number of nitrogens with one attached hydrogen (secondary N) is 1. The summed E-state index contributed by atoms with van der Waals surface area (Å²) < 4.78 is 5.88. The molecule has 21 heavy (non-hydrogen) atoms. The molecule has 3 atom stereocenters. The number of hydrogen-bond acceptors (Lipinski definition) is 3. The van der Waals surface area contributed by atoms with Gasteiger partial charge in [-0.05, 0) is 44.2 Å². The Kier molecular flexibility index (Phi) is 4.81. The molecule has 0 amide bonds. The Morgan fingerprint density at radius 1 is 1.29 bits per heavy atom. The molecular weight excluding hydrogens is 260 g/mol. The van der Waals surface area contributed by atoms with Crippen molar-refractivity contribution in [1.82, 2.24) is 10.2 Å². The van der Waals surface area contributed by atoms with E-state index in [1.54, 1.807) is 0 Å². The predicted molar refractivity (Wildman–Crippen MR) is 86.6 cm³/mol. The molecule has 0 bridgehead atoms. The number of para-hydroxylation sites is 1. The summed E-state index contributed by atoms with van der Waals surface area (Å²) in [7, 11) is 2.12. The maximum absolute atomic E-state index is 5.88. The zero-order valence-corrected chi connectivity index (χ0v) is 13.3. The van der Waals surface area contributed by atoms with E-state index in [9.17, 15) is 0 Å². The van der Waals surface area contributed by atoms with Crippen LogP contribution in [0.1, 0.15) is 31.7 Å². The summed E-state index contributed by atoms with van der Waals surface area (Å²) in [6.07, 6.45) is 4.04. The van der Waals surface area contributed by atoms with Gasteiger partial charge in [-0.25, -0.2) is 0 Å². The first-order valence-electron chi connectivity index (χ1n) is 8.36. The van der Waals surface area contributed by atoms with Crippen LogP contribution < -0.4 is 10.1 Å². The molecule has 1 aromatic carbocycles. The third kappa shape index (κ3) is 3.58. The second-order valence-electron chi connectivity index (χ2n) is 6.76. The Bertz CT molecular complexity index is 462. The highest BCUT2D eigenvalue weighted by Gasteiger charge is 2.29. The number of hydrogen-bond donors (Lipinski definition) is 1. The summed E-state index contributed by atoms with van der Waals surface area (Å²) in [5.41, 5.74) is 1.33. The van der Waals surface area contributed by atoms with Crippen molar-refractivity contribution in [3.63, 3.8) is 0 Å². The highest BCUT2D eigenvalue weighted by Crippen LogP contribution is 2.31. The number of nitrogens with zero attached hydrogens (tertiary/aromatic N) is 1. The summed E-state index contributed by atoms with van der Waals surface area (Å²) >= 11 is 0. The van der Waals surface area contributed by atoms with E-state index in [4.69, 9.17) is 4.74 Å². The van der Waals surface area contributed by atoms with E-state index in [-0.39, 0.29) is 0 Å². The molecule has 1 aliphatic carbocycles. The zero-order valence-electron chi connectivity index (χ0n) is 13.3. The van der Waals surface area contributed by atoms with Crippen LogP contribution in [0.4, 0.5) is 0 Å². The van der Waals surface area contributed by atoms with Gasteiger partial charge in [-0.3, -0.25) is 4.90 Å². The lowest BCUT2D eigenvalue weighted by atomic mass is 9.78. The molecule has 0 radical (unpaired) electrons. The molecule has 1 aliphatic heterocycles. The zero-order chi connectivity index (χ0) is 14.7. The van der Waals surface area contributed by atoms with Crippen LogP contribution >= 0.6 is 0 Å². The molecule has 116 valence electrons. The van der Waals surface area contributed by atoms with Crippen LogP contribution in [-0.4, -0.2) is 37.7 Å². The van der Waals surface area contributed by atoms with E-state index in [2.05, 4.69) is 48.5 Å². The average Bonchev–Trinajstić information content (AvgIpc) is 2.69. The van der Waals surface area contributed by atoms with Gasteiger partial charge in [0, 0.05) is 31.2 Å². The van der Waals surface area contributed by atoms with Gasteiger partial charge in [-0.15, -0.1) is 0 Å². The molecule has 3 rings (SSSR count). The Morgan fingerprint density at radius 2 is 2.14 bits per heavy atom. The minimum atomic E-state index is 0.681. The SMILES string of the molecule is CNC1CCC(C)CC1CN1CCOc2ccccc2C1. The minimum Gasteiger partial charge on any atom is -0.492 e. The molecule has 0 spiro atoms. The fourth-order valence-electron chi connectivity index (χ4n) is 3.95. The highest BCUT2D eigenvalue weighted by atomic mass is 16.5. The van der Waals surface area contributed by atoms with Gasteiger partial charge in [0.15, 0.2) is 0 Å². The molecule has 1 heterocycles. The Morgan fingerprint density at radius 3 is 3.00 bits per heavy atom. The first kappa shape index (κ1) is 14.9. The number of ether oxygens (including phenoxy) is 1. The first-order chi connectivity index (χ1) is 10.3. The van der Waals surface area contributed by atoms with Crippen LogP contribution in [0.2, 0.25) is 0 Å². The topological polar surface area (TPSA) is 24.5 Å². The van der Waals surface area contributed by atoms with E-state index in [1.165, 1.54) is 31.4 Å². The molecule has 3 heteroatoms. The highest BCUT2D eigenvalue weighted by molar-refractivity contribution is 5.33. The van der Waals surface area contributed by atoms with Gasteiger partial charge in [0.25, 0.3) is 0 Å². The van der Waals surface area contributed by atoms with E-state index in [1.807, 2.05) is 0 Å². The Balaban J connectivity index is 1.66. The lowest BCUT2D eigenvalue weighted by Crippen LogP contribution is -2.44. The van der Waals surface area contributed by atoms with Gasteiger partial charge in [-0.2, -0.15) is 0 Å². The van der Waals surface area contributed by atoms with Crippen LogP contribution in [0, 0.1) is 11.8 Å². The van der Waals surface area contributed by atoms with Gasteiger partial charge in [0.1, 0.15) is 12.4 Å². The maximum Gasteiger partial charge on any atom is 0.123 e. The van der Waals surface area contributed by atoms with E-state index >= 15 is 0 Å². The predicted octanol–water partition coefficient (Wildman–Crippen LogP) is 2.91. The Hall–Kier alpha value is -1.06. The maximum atomic E-state index is 5.88. The largest absolute Gasteiger partial charge is 0.492 e. The molecule has 3 unspecified atom stereocenters. The average molecular weight is 288 g/mol. The van der Waals surface area contributed by atoms with Crippen LogP contribution in [-0.2, 0) is 6.54 Å². The monoisotopic (exact) mass is 288 g/mol. The molecule has 0 aromatic heterocycles. The van der Waals surface area contributed by atoms with Gasteiger partial charge < -0.3 is 10.1 Å². The number of rotatable bonds is 3. The smallest absolute Gasteiger partial charge is 0.123 e. The van der Waals surface area contributed by atoms with Crippen molar-refractivity contribution in [3.05, 3.63) is 29.8 Å². The van der Waals surface area contributed by atoms with Gasteiger partial charge in [0.05, 0.1) is 0 Å². The number of fused-ring (bicyclic) bond motifs is 1. The lowest BCUT2D eigenvalue weighted by Gasteiger charge is -2.37. The fraction of sp³-hybridized carbons (Fsp3) is 0.667. The third-order valence-electron chi connectivity index (χ3n) is 5.14. The van der Waals surface area contributed by atoms with Gasteiger partial charge in [0.2, 0.25) is 0 Å². The quantitative estimate of drug-likeness (QED) is 0.925. The standard InChI is InChI=1S/C18H28N2O/c1-14-7-8-17(19-2)16(11-14)13-20-9-10-21-18-6-4-3-5-15(18)12-20/h3-6,14,16-17,19H,7-13H2,1-2H3. The first-order valence-corrected chi connectivity index (χ1v) is 8.36. The summed E-state index contributed by atoms with van der Waals surface area (Å²) in [5, 5.41) is 3.54. The van der Waals surface area contributed by atoms with Crippen molar-refractivity contribution < 1.29 is 4.74 Å². The molecule has 1 N–H and O–H groups in total. The molecule has 1 fully saturated rings. The van der Waals surface area contributed by atoms with Crippen molar-refractivity contribution in [1.29, 1.82) is 0 Å². The van der Waals surface area contributed by atoms with Crippen molar-refractivity contribution in [3.8, 4) is 5.75 Å². The van der Waals surface area contributed by atoms with Crippen LogP contribution in [0.5, 0.6) is 5.75 Å². The second kappa shape index (κ2) is 6.80. The molecule has 0 saturated heterocycles. The van der Waals surface area contributed by atoms with Crippen molar-refractivity contribution in [2.45, 2.75) is 38.8 Å². The summed E-state index contributed by atoms with van der Waals surface area (Å²) in [5.74, 6) is 2.71. The summed E-state index contributed by atoms with van der Waals surface area (Å²) in [6.45, 7) is 6.46. The van der Waals surface area contributed by atoms with Crippen molar-refractivity contribution in [2.75, 3.05) is 26.7 Å². The van der Waals surface area contributed by atoms with Crippen molar-refractivity contribution in [2.24, 2.45) is 11.8 Å². The van der Waals surface area contributed by atoms with Gasteiger partial charge in [-0.1, -0.05) is 25.1 Å². The van der Waals surface area contributed by atoms with Crippen LogP contribution in [0.15, 0.2) is 24.3 Å². The van der Waals surface area contributed by atoms with E-state index in [0.717, 1.165) is 37.3 Å². The molecular formula is C18H28N2O. The summed E-state index contributed by atoms with van der Waals surface area (Å²) in [4.78, 5) is 2.58. The second-order valence-corrected chi connectivity index (χ2v) is 6.76. The fourth-order valence-corrected chi connectivity index (χ4v) is 3.95. The van der Waals surface area contributed by atoms with Crippen LogP contribution in [0.25, 0.3) is 0 Å². The van der Waals surface area contributed by atoms with Crippen molar-refractivity contribution >= 4 is 0 Å². The molecule has 2 aliphatic rings. The lowest BCUT2D eigenvalue weighted by molar-refractivity contribution is 0.137. The van der Waals surface area contributed by atoms with Gasteiger partial charge >= 0.3 is 0 Å². The minimum absolute atomic E-state index is 0.681. The number of benzene rings is 1.